The van der Waals surface area contributed by atoms with E-state index >= 15 is 0 Å². The minimum absolute atomic E-state index is 0.120. The number of nitrogens with one attached hydrogen (secondary N) is 1. The first-order chi connectivity index (χ1) is 15.5. The van der Waals surface area contributed by atoms with Crippen molar-refractivity contribution in [3.63, 3.8) is 0 Å². The van der Waals surface area contributed by atoms with Crippen molar-refractivity contribution < 1.29 is 4.74 Å². The summed E-state index contributed by atoms with van der Waals surface area (Å²) in [5, 5.41) is 14.7. The molecular weight excluding hydrogens is 400 g/mol. The van der Waals surface area contributed by atoms with Crippen LogP contribution in [0.1, 0.15) is 35.3 Å². The summed E-state index contributed by atoms with van der Waals surface area (Å²) in [5.41, 5.74) is 4.79. The molecule has 0 bridgehead atoms. The molecule has 0 aliphatic carbocycles. The first-order valence-electron chi connectivity index (χ1n) is 11.5. The van der Waals surface area contributed by atoms with Gasteiger partial charge in [-0.2, -0.15) is 5.10 Å². The van der Waals surface area contributed by atoms with Crippen molar-refractivity contribution in [2.75, 3.05) is 49.6 Å². The van der Waals surface area contributed by atoms with Gasteiger partial charge in [0.2, 0.25) is 0 Å². The molecule has 3 aromatic rings. The minimum atomic E-state index is 0.120. The Bertz CT molecular complexity index is 1130. The molecule has 7 heteroatoms. The van der Waals surface area contributed by atoms with Gasteiger partial charge in [-0.25, -0.2) is 4.98 Å². The average molecular weight is 433 g/mol. The van der Waals surface area contributed by atoms with Crippen molar-refractivity contribution in [1.29, 1.82) is 0 Å². The summed E-state index contributed by atoms with van der Waals surface area (Å²) in [5.74, 6) is 1.81. The van der Waals surface area contributed by atoms with E-state index in [1.807, 2.05) is 13.1 Å². The van der Waals surface area contributed by atoms with Gasteiger partial charge in [-0.15, -0.1) is 5.10 Å². The predicted molar refractivity (Wildman–Crippen MR) is 128 cm³/mol. The van der Waals surface area contributed by atoms with Gasteiger partial charge >= 0.3 is 0 Å². The largest absolute Gasteiger partial charge is 0.378 e. The van der Waals surface area contributed by atoms with E-state index in [0.717, 1.165) is 67.5 Å². The number of hydrogen-bond donors (Lipinski definition) is 1. The van der Waals surface area contributed by atoms with Crippen LogP contribution >= 0.6 is 0 Å². The Morgan fingerprint density at radius 3 is 2.84 bits per heavy atom. The predicted octanol–water partition coefficient (Wildman–Crippen LogP) is 3.64. The fourth-order valence-electron chi connectivity index (χ4n) is 4.92. The minimum Gasteiger partial charge on any atom is -0.378 e. The third-order valence-corrected chi connectivity index (χ3v) is 7.06. The number of aryl methyl sites for hydroxylation is 2. The lowest BCUT2D eigenvalue weighted by atomic mass is 9.98. The first-order valence-corrected chi connectivity index (χ1v) is 11.5. The van der Waals surface area contributed by atoms with Crippen molar-refractivity contribution in [3.05, 3.63) is 52.8 Å². The molecule has 0 amide bonds. The number of anilines is 2. The Kier molecular flexibility index (Phi) is 5.69. The van der Waals surface area contributed by atoms with E-state index in [1.165, 1.54) is 16.7 Å². The lowest BCUT2D eigenvalue weighted by Crippen LogP contribution is -2.58. The second-order valence-electron chi connectivity index (χ2n) is 9.09. The highest BCUT2D eigenvalue weighted by Crippen LogP contribution is 2.30. The van der Waals surface area contributed by atoms with Crippen LogP contribution in [0.4, 0.5) is 11.6 Å². The molecule has 2 fully saturated rings. The molecule has 2 atom stereocenters. The Labute approximate surface area is 189 Å². The molecule has 2 aliphatic heterocycles. The van der Waals surface area contributed by atoms with E-state index < -0.39 is 0 Å². The van der Waals surface area contributed by atoms with Crippen LogP contribution in [-0.2, 0) is 4.74 Å². The summed E-state index contributed by atoms with van der Waals surface area (Å²) < 4.78 is 5.71. The molecule has 1 N–H and O–H groups in total. The van der Waals surface area contributed by atoms with Crippen LogP contribution in [0.5, 0.6) is 0 Å². The van der Waals surface area contributed by atoms with Crippen LogP contribution in [0.15, 0.2) is 30.5 Å². The van der Waals surface area contributed by atoms with Crippen molar-refractivity contribution in [2.45, 2.75) is 39.8 Å². The van der Waals surface area contributed by atoms with E-state index in [1.54, 1.807) is 0 Å². The summed E-state index contributed by atoms with van der Waals surface area (Å²) in [6.07, 6.45) is 1.95. The molecule has 2 aromatic heterocycles. The lowest BCUT2D eigenvalue weighted by molar-refractivity contribution is -0.0117. The maximum atomic E-state index is 5.71. The van der Waals surface area contributed by atoms with E-state index in [4.69, 9.17) is 9.72 Å². The summed E-state index contributed by atoms with van der Waals surface area (Å²) in [7, 11) is 0. The normalized spacial score (nSPS) is 20.2. The van der Waals surface area contributed by atoms with Gasteiger partial charge in [0, 0.05) is 43.1 Å². The molecule has 7 nitrogen and oxygen atoms in total. The molecule has 4 heterocycles. The van der Waals surface area contributed by atoms with Crippen LogP contribution in [0.2, 0.25) is 0 Å². The number of morpholine rings is 1. The highest BCUT2D eigenvalue weighted by molar-refractivity contribution is 5.94. The zero-order chi connectivity index (χ0) is 22.2. The zero-order valence-electron chi connectivity index (χ0n) is 19.4. The van der Waals surface area contributed by atoms with Crippen molar-refractivity contribution >= 4 is 22.4 Å². The van der Waals surface area contributed by atoms with E-state index in [9.17, 15) is 0 Å². The third kappa shape index (κ3) is 3.91. The van der Waals surface area contributed by atoms with Crippen molar-refractivity contribution in [2.24, 2.45) is 0 Å². The number of piperazine rings is 1. The van der Waals surface area contributed by atoms with Gasteiger partial charge < -0.3 is 15.0 Å². The Hall–Kier alpha value is -2.77. The van der Waals surface area contributed by atoms with Crippen LogP contribution < -0.4 is 10.2 Å². The van der Waals surface area contributed by atoms with Gasteiger partial charge in [-0.05, 0) is 50.5 Å². The lowest BCUT2D eigenvalue weighted by Gasteiger charge is -2.44. The molecule has 0 saturated carbocycles. The van der Waals surface area contributed by atoms with Crippen LogP contribution in [-0.4, -0.2) is 65.5 Å². The van der Waals surface area contributed by atoms with Crippen LogP contribution in [0.3, 0.4) is 0 Å². The number of aromatic nitrogens is 3. The van der Waals surface area contributed by atoms with Crippen LogP contribution in [0, 0.1) is 20.8 Å². The third-order valence-electron chi connectivity index (χ3n) is 7.06. The topological polar surface area (TPSA) is 66.4 Å². The number of ether oxygens (including phenoxy) is 1. The molecule has 32 heavy (non-hydrogen) atoms. The summed E-state index contributed by atoms with van der Waals surface area (Å²) in [6.45, 7) is 14.2. The second-order valence-corrected chi connectivity index (χ2v) is 9.09. The van der Waals surface area contributed by atoms with E-state index in [-0.39, 0.29) is 6.04 Å². The molecule has 5 rings (SSSR count). The number of rotatable bonds is 4. The number of benzene rings is 1. The number of pyridine rings is 1. The standard InChI is InChI=1S/C25H32N6O/c1-16-6-5-7-21(17(16)2)18(3)27-25-22-12-24(26-13-23(22)19(4)28-29-25)31-9-8-30-10-11-32-15-20(30)14-31/h5-7,12-13,18,20H,8-11,14-15H2,1-4H3,(H,27,29)/t18-,20+/m1/s1. The molecule has 0 unspecified atom stereocenters. The van der Waals surface area contributed by atoms with Gasteiger partial charge in [-0.3, -0.25) is 4.90 Å². The SMILES string of the molecule is Cc1cccc([C@@H](C)Nc2nnc(C)c3cnc(N4CCN5CCOC[C@@H]5C4)cc23)c1C. The highest BCUT2D eigenvalue weighted by atomic mass is 16.5. The quantitative estimate of drug-likeness (QED) is 0.675. The van der Waals surface area contributed by atoms with Gasteiger partial charge in [0.15, 0.2) is 5.82 Å². The van der Waals surface area contributed by atoms with Crippen molar-refractivity contribution in [3.8, 4) is 0 Å². The van der Waals surface area contributed by atoms with Gasteiger partial charge in [0.1, 0.15) is 5.82 Å². The smallest absolute Gasteiger partial charge is 0.157 e. The molecule has 1 aromatic carbocycles. The van der Waals surface area contributed by atoms with E-state index in [0.29, 0.717) is 6.04 Å². The van der Waals surface area contributed by atoms with E-state index in [2.05, 4.69) is 70.4 Å². The maximum Gasteiger partial charge on any atom is 0.157 e. The Morgan fingerprint density at radius 1 is 1.09 bits per heavy atom. The Balaban J connectivity index is 1.46. The second kappa shape index (κ2) is 8.64. The highest BCUT2D eigenvalue weighted by Gasteiger charge is 2.30. The summed E-state index contributed by atoms with van der Waals surface area (Å²) in [4.78, 5) is 9.72. The molecule has 0 radical (unpaired) electrons. The average Bonchev–Trinajstić information content (AvgIpc) is 2.82. The summed E-state index contributed by atoms with van der Waals surface area (Å²) in [6, 6.07) is 9.19. The van der Waals surface area contributed by atoms with Crippen LogP contribution in [0.25, 0.3) is 10.8 Å². The fraction of sp³-hybridized carbons (Fsp3) is 0.480. The number of hydrogen-bond acceptors (Lipinski definition) is 7. The number of fused-ring (bicyclic) bond motifs is 2. The molecular formula is C25H32N6O. The van der Waals surface area contributed by atoms with Gasteiger partial charge in [0.05, 0.1) is 31.0 Å². The molecule has 0 spiro atoms. The van der Waals surface area contributed by atoms with Crippen molar-refractivity contribution in [1.82, 2.24) is 20.1 Å². The Morgan fingerprint density at radius 2 is 1.97 bits per heavy atom. The molecule has 168 valence electrons. The first kappa shape index (κ1) is 21.1. The van der Waals surface area contributed by atoms with Gasteiger partial charge in [0.25, 0.3) is 0 Å². The fourth-order valence-corrected chi connectivity index (χ4v) is 4.92. The molecule has 2 saturated heterocycles. The summed E-state index contributed by atoms with van der Waals surface area (Å²) >= 11 is 0. The number of nitrogens with zero attached hydrogens (tertiary/aromatic N) is 5. The molecule has 2 aliphatic rings. The van der Waals surface area contributed by atoms with Gasteiger partial charge in [-0.1, -0.05) is 18.2 Å². The monoisotopic (exact) mass is 432 g/mol. The zero-order valence-corrected chi connectivity index (χ0v) is 19.4. The maximum absolute atomic E-state index is 5.71.